The van der Waals surface area contributed by atoms with Crippen molar-refractivity contribution < 1.29 is 4.79 Å². The summed E-state index contributed by atoms with van der Waals surface area (Å²) in [5.41, 5.74) is 2.33. The summed E-state index contributed by atoms with van der Waals surface area (Å²) in [4.78, 5) is 18.2. The highest BCUT2D eigenvalue weighted by molar-refractivity contribution is 14.0. The van der Waals surface area contributed by atoms with E-state index >= 15 is 0 Å². The lowest BCUT2D eigenvalue weighted by Gasteiger charge is -2.26. The van der Waals surface area contributed by atoms with Crippen LogP contribution < -0.4 is 10.6 Å². The molecule has 0 saturated heterocycles. The number of benzene rings is 1. The number of aliphatic imine (C=N–C) groups is 1. The summed E-state index contributed by atoms with van der Waals surface area (Å²) in [6.45, 7) is 11.2. The van der Waals surface area contributed by atoms with E-state index < -0.39 is 0 Å². The van der Waals surface area contributed by atoms with Crippen LogP contribution in [-0.4, -0.2) is 49.5 Å². The second kappa shape index (κ2) is 10.6. The standard InChI is InChI=1S/C19H32N4O.HI/c1-14-9-8-10-16(11-14)15(2)12-21-18(20-6)23(7)13-17(24)22-19(3,4)5;/h8-11,15H,12-13H2,1-7H3,(H,20,21)(H,22,24);1H. The Kier molecular flexibility index (Phi) is 10.1. The van der Waals surface area contributed by atoms with Crippen molar-refractivity contribution >= 4 is 35.8 Å². The number of hydrogen-bond acceptors (Lipinski definition) is 2. The van der Waals surface area contributed by atoms with E-state index in [0.29, 0.717) is 5.92 Å². The first-order valence-electron chi connectivity index (χ1n) is 8.41. The van der Waals surface area contributed by atoms with Crippen LogP contribution in [0.4, 0.5) is 0 Å². The molecule has 142 valence electrons. The summed E-state index contributed by atoms with van der Waals surface area (Å²) >= 11 is 0. The average Bonchev–Trinajstić information content (AvgIpc) is 2.45. The SMILES string of the molecule is CN=C(NCC(C)c1cccc(C)c1)N(C)CC(=O)NC(C)(C)C.I. The zero-order valence-electron chi connectivity index (χ0n) is 16.5. The van der Waals surface area contributed by atoms with Crippen LogP contribution in [0.3, 0.4) is 0 Å². The van der Waals surface area contributed by atoms with Crippen LogP contribution >= 0.6 is 24.0 Å². The molecule has 1 amide bonds. The van der Waals surface area contributed by atoms with Gasteiger partial charge in [0.1, 0.15) is 0 Å². The van der Waals surface area contributed by atoms with E-state index in [-0.39, 0.29) is 42.0 Å². The third-order valence-electron chi connectivity index (χ3n) is 3.65. The van der Waals surface area contributed by atoms with Gasteiger partial charge in [0, 0.05) is 26.2 Å². The molecule has 1 atom stereocenters. The number of nitrogens with zero attached hydrogens (tertiary/aromatic N) is 2. The van der Waals surface area contributed by atoms with E-state index in [4.69, 9.17) is 0 Å². The van der Waals surface area contributed by atoms with Crippen molar-refractivity contribution in [2.24, 2.45) is 4.99 Å². The lowest BCUT2D eigenvalue weighted by atomic mass is 9.99. The van der Waals surface area contributed by atoms with Gasteiger partial charge in [0.2, 0.25) is 5.91 Å². The zero-order valence-corrected chi connectivity index (χ0v) is 18.8. The van der Waals surface area contributed by atoms with Crippen LogP contribution in [0, 0.1) is 6.92 Å². The molecule has 1 rings (SSSR count). The second-order valence-electron chi connectivity index (χ2n) is 7.40. The molecule has 0 aliphatic rings. The van der Waals surface area contributed by atoms with Crippen molar-refractivity contribution in [1.29, 1.82) is 0 Å². The number of hydrogen-bond donors (Lipinski definition) is 2. The Morgan fingerprint density at radius 1 is 1.32 bits per heavy atom. The number of amides is 1. The molecule has 0 aliphatic carbocycles. The van der Waals surface area contributed by atoms with Crippen molar-refractivity contribution in [3.63, 3.8) is 0 Å². The number of aryl methyl sites for hydroxylation is 1. The number of halogens is 1. The molecule has 0 radical (unpaired) electrons. The van der Waals surface area contributed by atoms with Crippen molar-refractivity contribution in [2.75, 3.05) is 27.2 Å². The van der Waals surface area contributed by atoms with Gasteiger partial charge in [-0.2, -0.15) is 0 Å². The van der Waals surface area contributed by atoms with Crippen molar-refractivity contribution in [2.45, 2.75) is 46.1 Å². The first-order valence-corrected chi connectivity index (χ1v) is 8.41. The average molecular weight is 460 g/mol. The largest absolute Gasteiger partial charge is 0.356 e. The van der Waals surface area contributed by atoms with E-state index in [2.05, 4.69) is 53.7 Å². The van der Waals surface area contributed by atoms with Crippen molar-refractivity contribution in [3.05, 3.63) is 35.4 Å². The van der Waals surface area contributed by atoms with Crippen LogP contribution in [0.15, 0.2) is 29.3 Å². The number of carbonyl (C=O) groups excluding carboxylic acids is 1. The monoisotopic (exact) mass is 460 g/mol. The summed E-state index contributed by atoms with van der Waals surface area (Å²) in [6.07, 6.45) is 0. The Balaban J connectivity index is 0.00000576. The number of guanidine groups is 1. The van der Waals surface area contributed by atoms with Gasteiger partial charge in [-0.1, -0.05) is 36.8 Å². The molecule has 0 fully saturated rings. The Morgan fingerprint density at radius 3 is 2.48 bits per heavy atom. The van der Waals surface area contributed by atoms with Crippen molar-refractivity contribution in [1.82, 2.24) is 15.5 Å². The van der Waals surface area contributed by atoms with E-state index in [1.54, 1.807) is 7.05 Å². The molecule has 6 heteroatoms. The van der Waals surface area contributed by atoms with E-state index in [0.717, 1.165) is 12.5 Å². The molecule has 1 aromatic carbocycles. The minimum atomic E-state index is -0.228. The molecule has 0 aliphatic heterocycles. The molecule has 0 aromatic heterocycles. The van der Waals surface area contributed by atoms with Crippen LogP contribution in [0.25, 0.3) is 0 Å². The third kappa shape index (κ3) is 9.09. The van der Waals surface area contributed by atoms with Crippen LogP contribution in [0.5, 0.6) is 0 Å². The molecule has 1 unspecified atom stereocenters. The van der Waals surface area contributed by atoms with Crippen molar-refractivity contribution in [3.8, 4) is 0 Å². The molecular formula is C19H33IN4O. The molecule has 0 heterocycles. The normalized spacial score (nSPS) is 12.8. The molecule has 2 N–H and O–H groups in total. The van der Waals surface area contributed by atoms with Gasteiger partial charge < -0.3 is 15.5 Å². The first kappa shape index (κ1) is 23.7. The summed E-state index contributed by atoms with van der Waals surface area (Å²) in [5.74, 6) is 1.07. The molecule has 1 aromatic rings. The molecule has 25 heavy (non-hydrogen) atoms. The topological polar surface area (TPSA) is 56.7 Å². The molecule has 5 nitrogen and oxygen atoms in total. The summed E-state index contributed by atoms with van der Waals surface area (Å²) in [5, 5.41) is 6.31. The Labute approximate surface area is 169 Å². The maximum Gasteiger partial charge on any atom is 0.240 e. The second-order valence-corrected chi connectivity index (χ2v) is 7.40. The Morgan fingerprint density at radius 2 is 1.96 bits per heavy atom. The fourth-order valence-corrected chi connectivity index (χ4v) is 2.47. The predicted molar refractivity (Wildman–Crippen MR) is 117 cm³/mol. The lowest BCUT2D eigenvalue weighted by Crippen LogP contribution is -2.49. The van der Waals surface area contributed by atoms with Gasteiger partial charge in [0.15, 0.2) is 5.96 Å². The Bertz CT molecular complexity index is 581. The zero-order chi connectivity index (χ0) is 18.3. The predicted octanol–water partition coefficient (Wildman–Crippen LogP) is 3.14. The minimum absolute atomic E-state index is 0. The minimum Gasteiger partial charge on any atom is -0.356 e. The number of carbonyl (C=O) groups is 1. The van der Waals surface area contributed by atoms with Gasteiger partial charge >= 0.3 is 0 Å². The van der Waals surface area contributed by atoms with Gasteiger partial charge in [0.05, 0.1) is 6.54 Å². The fourth-order valence-electron chi connectivity index (χ4n) is 2.47. The van der Waals surface area contributed by atoms with Crippen LogP contribution in [0.1, 0.15) is 44.7 Å². The number of rotatable bonds is 5. The smallest absolute Gasteiger partial charge is 0.240 e. The number of likely N-dealkylation sites (N-methyl/N-ethyl adjacent to an activating group) is 1. The molecule has 0 bridgehead atoms. The van der Waals surface area contributed by atoms with E-state index in [1.165, 1.54) is 11.1 Å². The van der Waals surface area contributed by atoms with Gasteiger partial charge in [-0.15, -0.1) is 24.0 Å². The maximum absolute atomic E-state index is 12.1. The van der Waals surface area contributed by atoms with Gasteiger partial charge in [-0.25, -0.2) is 0 Å². The molecule has 0 spiro atoms. The van der Waals surface area contributed by atoms with E-state index in [9.17, 15) is 4.79 Å². The fraction of sp³-hybridized carbons (Fsp3) is 0.579. The molecular weight excluding hydrogens is 427 g/mol. The highest BCUT2D eigenvalue weighted by Gasteiger charge is 2.17. The maximum atomic E-state index is 12.1. The first-order chi connectivity index (χ1) is 11.1. The summed E-state index contributed by atoms with van der Waals surface area (Å²) < 4.78 is 0. The van der Waals surface area contributed by atoms with Crippen LogP contribution in [0.2, 0.25) is 0 Å². The Hall–Kier alpha value is -1.31. The molecule has 0 saturated carbocycles. The van der Waals surface area contributed by atoms with Crippen LogP contribution in [-0.2, 0) is 4.79 Å². The third-order valence-corrected chi connectivity index (χ3v) is 3.65. The summed E-state index contributed by atoms with van der Waals surface area (Å²) in [6, 6.07) is 8.53. The summed E-state index contributed by atoms with van der Waals surface area (Å²) in [7, 11) is 3.60. The lowest BCUT2D eigenvalue weighted by molar-refractivity contribution is -0.122. The van der Waals surface area contributed by atoms with Gasteiger partial charge in [0.25, 0.3) is 0 Å². The highest BCUT2D eigenvalue weighted by atomic mass is 127. The quantitative estimate of drug-likeness (QED) is 0.403. The van der Waals surface area contributed by atoms with Gasteiger partial charge in [-0.05, 0) is 39.2 Å². The van der Waals surface area contributed by atoms with E-state index in [1.807, 2.05) is 32.7 Å². The number of nitrogens with one attached hydrogen (secondary N) is 2. The highest BCUT2D eigenvalue weighted by Crippen LogP contribution is 2.15. The van der Waals surface area contributed by atoms with Gasteiger partial charge in [-0.3, -0.25) is 9.79 Å².